The summed E-state index contributed by atoms with van der Waals surface area (Å²) in [6.45, 7) is 9.18. The standard InChI is InChI=1S/C71H49F3N4/c1-69(2)55-27-15-11-23-46(55)49-34-37-62-64(66(49)69)51-25-13-17-29-59(51)77(62)45-32-33-48(58-41-57(42-19-7-5-8-20-42)75-68(76-58)43-21-9-6-10-22-43)53(40-45)54-39-44(71(72,73)74)31-36-61(54)78-60-30-18-14-26-52(60)65-63(78)38-35-50-47-24-12-16-28-56(47)70(3,4)67(50)65/h5-41H,1-4H3. The van der Waals surface area contributed by atoms with Crippen LogP contribution in [0.2, 0.25) is 0 Å². The molecule has 0 saturated carbocycles. The van der Waals surface area contributed by atoms with Crippen molar-refractivity contribution in [1.29, 1.82) is 0 Å². The zero-order chi connectivity index (χ0) is 52.8. The Hall–Kier alpha value is -9.33. The first-order valence-corrected chi connectivity index (χ1v) is 26.6. The minimum atomic E-state index is -4.66. The molecule has 2 aliphatic carbocycles. The van der Waals surface area contributed by atoms with Gasteiger partial charge in [0, 0.05) is 60.3 Å². The van der Waals surface area contributed by atoms with Gasteiger partial charge in [0.25, 0.3) is 0 Å². The van der Waals surface area contributed by atoms with Gasteiger partial charge < -0.3 is 9.13 Å². The van der Waals surface area contributed by atoms with Crippen molar-refractivity contribution in [3.05, 3.63) is 252 Å². The number of hydrogen-bond acceptors (Lipinski definition) is 2. The van der Waals surface area contributed by atoms with Crippen molar-refractivity contribution in [3.8, 4) is 78.7 Å². The number of rotatable bonds is 6. The maximum Gasteiger partial charge on any atom is 0.416 e. The second-order valence-electron chi connectivity index (χ2n) is 22.0. The molecular weight excluding hydrogens is 966 g/mol. The first-order valence-electron chi connectivity index (χ1n) is 26.6. The average Bonchev–Trinajstić information content (AvgIpc) is 4.29. The Morgan fingerprint density at radius 1 is 0.372 bits per heavy atom. The van der Waals surface area contributed by atoms with Crippen molar-refractivity contribution in [2.45, 2.75) is 44.7 Å². The van der Waals surface area contributed by atoms with Crippen molar-refractivity contribution in [3.63, 3.8) is 0 Å². The Balaban J connectivity index is 1.06. The normalized spacial score (nSPS) is 14.0. The molecule has 0 unspecified atom stereocenters. The van der Waals surface area contributed by atoms with Crippen LogP contribution < -0.4 is 0 Å². The number of aromatic nitrogens is 4. The summed E-state index contributed by atoms with van der Waals surface area (Å²) < 4.78 is 51.3. The summed E-state index contributed by atoms with van der Waals surface area (Å²) in [5.74, 6) is 0.506. The van der Waals surface area contributed by atoms with Crippen LogP contribution in [-0.4, -0.2) is 19.1 Å². The van der Waals surface area contributed by atoms with Gasteiger partial charge in [-0.05, 0) is 111 Å². The highest BCUT2D eigenvalue weighted by Crippen LogP contribution is 2.56. The van der Waals surface area contributed by atoms with Crippen LogP contribution in [0.25, 0.3) is 122 Å². The summed E-state index contributed by atoms with van der Waals surface area (Å²) in [4.78, 5) is 10.5. The van der Waals surface area contributed by atoms with Gasteiger partial charge >= 0.3 is 6.18 Å². The molecule has 78 heavy (non-hydrogen) atoms. The third-order valence-electron chi connectivity index (χ3n) is 16.9. The number of para-hydroxylation sites is 2. The Labute approximate surface area is 449 Å². The minimum absolute atomic E-state index is 0.303. The van der Waals surface area contributed by atoms with Crippen LogP contribution in [0.5, 0.6) is 0 Å². The van der Waals surface area contributed by atoms with Gasteiger partial charge in [-0.3, -0.25) is 0 Å². The van der Waals surface area contributed by atoms with Gasteiger partial charge in [0.1, 0.15) is 0 Å². The highest BCUT2D eigenvalue weighted by molar-refractivity contribution is 6.16. The Kier molecular flexibility index (Phi) is 9.78. The molecule has 4 nitrogen and oxygen atoms in total. The van der Waals surface area contributed by atoms with Gasteiger partial charge in [-0.15, -0.1) is 0 Å². The van der Waals surface area contributed by atoms with E-state index in [1.54, 1.807) is 6.07 Å². The molecule has 0 spiro atoms. The van der Waals surface area contributed by atoms with E-state index >= 15 is 13.2 Å². The van der Waals surface area contributed by atoms with Crippen molar-refractivity contribution >= 4 is 43.6 Å². The van der Waals surface area contributed by atoms with Gasteiger partial charge in [-0.2, -0.15) is 13.2 Å². The van der Waals surface area contributed by atoms with Crippen LogP contribution in [0.15, 0.2) is 224 Å². The van der Waals surface area contributed by atoms with Gasteiger partial charge in [-0.25, -0.2) is 9.97 Å². The third kappa shape index (κ3) is 6.60. The van der Waals surface area contributed by atoms with Crippen molar-refractivity contribution in [1.82, 2.24) is 19.1 Å². The first-order chi connectivity index (χ1) is 37.9. The quantitative estimate of drug-likeness (QED) is 0.166. The lowest BCUT2D eigenvalue weighted by Crippen LogP contribution is -2.15. The van der Waals surface area contributed by atoms with E-state index < -0.39 is 11.7 Å². The molecule has 15 rings (SSSR count). The Morgan fingerprint density at radius 3 is 1.47 bits per heavy atom. The van der Waals surface area contributed by atoms with Crippen LogP contribution >= 0.6 is 0 Å². The predicted molar refractivity (Wildman–Crippen MR) is 313 cm³/mol. The van der Waals surface area contributed by atoms with E-state index in [0.717, 1.165) is 60.4 Å². The van der Waals surface area contributed by atoms with E-state index in [0.29, 0.717) is 39.6 Å². The third-order valence-corrected chi connectivity index (χ3v) is 16.9. The summed E-state index contributed by atoms with van der Waals surface area (Å²) in [6, 6.07) is 75.2. The molecule has 0 radical (unpaired) electrons. The lowest BCUT2D eigenvalue weighted by atomic mass is 9.80. The molecule has 0 amide bonds. The highest BCUT2D eigenvalue weighted by atomic mass is 19.4. The molecule has 374 valence electrons. The second-order valence-corrected chi connectivity index (χ2v) is 22.0. The predicted octanol–water partition coefficient (Wildman–Crippen LogP) is 19.0. The minimum Gasteiger partial charge on any atom is -0.309 e. The van der Waals surface area contributed by atoms with Crippen molar-refractivity contribution in [2.75, 3.05) is 0 Å². The largest absolute Gasteiger partial charge is 0.416 e. The summed E-state index contributed by atoms with van der Waals surface area (Å²) >= 11 is 0. The topological polar surface area (TPSA) is 35.6 Å². The van der Waals surface area contributed by atoms with Crippen LogP contribution in [0, 0.1) is 0 Å². The molecule has 0 aliphatic heterocycles. The average molecular weight is 1020 g/mol. The Morgan fingerprint density at radius 2 is 0.872 bits per heavy atom. The summed E-state index contributed by atoms with van der Waals surface area (Å²) in [5.41, 5.74) is 18.3. The van der Waals surface area contributed by atoms with Crippen molar-refractivity contribution in [2.24, 2.45) is 0 Å². The molecular formula is C71H49F3N4. The molecule has 0 fully saturated rings. The number of alkyl halides is 3. The molecule has 0 saturated heterocycles. The number of nitrogens with zero attached hydrogens (tertiary/aromatic N) is 4. The van der Waals surface area contributed by atoms with Gasteiger partial charge in [0.15, 0.2) is 5.82 Å². The van der Waals surface area contributed by atoms with Gasteiger partial charge in [0.05, 0.1) is 44.7 Å². The van der Waals surface area contributed by atoms with E-state index in [4.69, 9.17) is 9.97 Å². The lowest BCUT2D eigenvalue weighted by Gasteiger charge is -2.23. The lowest BCUT2D eigenvalue weighted by molar-refractivity contribution is -0.137. The molecule has 10 aromatic carbocycles. The zero-order valence-corrected chi connectivity index (χ0v) is 43.3. The fraction of sp³-hybridized carbons (Fsp3) is 0.0986. The van der Waals surface area contributed by atoms with Gasteiger partial charge in [-0.1, -0.05) is 191 Å². The molecule has 0 atom stereocenters. The Bertz CT molecular complexity index is 4600. The van der Waals surface area contributed by atoms with Gasteiger partial charge in [0.2, 0.25) is 0 Å². The smallest absolute Gasteiger partial charge is 0.309 e. The second kappa shape index (κ2) is 16.6. The van der Waals surface area contributed by atoms with Crippen LogP contribution in [0.1, 0.15) is 55.5 Å². The SMILES string of the molecule is CC1(C)c2ccccc2-c2ccc3c(c21)c1ccccc1n3-c1ccc(-c2cc(-c3ccccc3)nc(-c3ccccc3)n2)c(-c2cc(C(F)(F)F)ccc2-n2c3ccccc3c3c4c(ccc32)-c2ccccc2C4(C)C)c1. The summed E-state index contributed by atoms with van der Waals surface area (Å²) in [5, 5.41) is 4.38. The molecule has 3 heterocycles. The highest BCUT2D eigenvalue weighted by Gasteiger charge is 2.40. The molecule has 0 bridgehead atoms. The fourth-order valence-electron chi connectivity index (χ4n) is 13.5. The summed E-state index contributed by atoms with van der Waals surface area (Å²) in [6.07, 6.45) is -4.66. The van der Waals surface area contributed by atoms with Crippen LogP contribution in [0.3, 0.4) is 0 Å². The summed E-state index contributed by atoms with van der Waals surface area (Å²) in [7, 11) is 0. The molecule has 3 aromatic heterocycles. The van der Waals surface area contributed by atoms with E-state index in [2.05, 4.69) is 164 Å². The van der Waals surface area contributed by atoms with E-state index in [1.165, 1.54) is 56.6 Å². The fourth-order valence-corrected chi connectivity index (χ4v) is 13.5. The van der Waals surface area contributed by atoms with E-state index in [1.807, 2.05) is 78.9 Å². The number of halogens is 3. The molecule has 0 N–H and O–H groups in total. The number of benzene rings is 10. The van der Waals surface area contributed by atoms with E-state index in [-0.39, 0.29) is 10.8 Å². The molecule has 13 aromatic rings. The maximum atomic E-state index is 15.6. The number of hydrogen-bond donors (Lipinski definition) is 0. The monoisotopic (exact) mass is 1010 g/mol. The van der Waals surface area contributed by atoms with Crippen LogP contribution in [-0.2, 0) is 17.0 Å². The zero-order valence-electron chi connectivity index (χ0n) is 43.3. The first kappa shape index (κ1) is 46.0. The van der Waals surface area contributed by atoms with Crippen LogP contribution in [0.4, 0.5) is 13.2 Å². The number of fused-ring (bicyclic) bond motifs is 14. The molecule has 2 aliphatic rings. The van der Waals surface area contributed by atoms with E-state index in [9.17, 15) is 0 Å². The van der Waals surface area contributed by atoms with Crippen molar-refractivity contribution < 1.29 is 13.2 Å². The molecule has 7 heteroatoms. The maximum absolute atomic E-state index is 15.6.